The normalized spacial score (nSPS) is 21.6. The van der Waals surface area contributed by atoms with Crippen LogP contribution >= 0.6 is 27.3 Å². The van der Waals surface area contributed by atoms with E-state index in [1.54, 1.807) is 12.1 Å². The Labute approximate surface area is 114 Å². The Balaban J connectivity index is 1.93. The summed E-state index contributed by atoms with van der Waals surface area (Å²) in [6.45, 7) is 2.46. The summed E-state index contributed by atoms with van der Waals surface area (Å²) < 4.78 is 27.8. The summed E-state index contributed by atoms with van der Waals surface area (Å²) in [6.07, 6.45) is 2.21. The molecule has 17 heavy (non-hydrogen) atoms. The first-order valence-electron chi connectivity index (χ1n) is 5.53. The second-order valence-corrected chi connectivity index (χ2v) is 8.58. The first-order chi connectivity index (χ1) is 8.08. The lowest BCUT2D eigenvalue weighted by molar-refractivity contribution is 0.376. The summed E-state index contributed by atoms with van der Waals surface area (Å²) in [7, 11) is -3.33. The van der Waals surface area contributed by atoms with Crippen molar-refractivity contribution in [2.24, 2.45) is 5.92 Å². The van der Waals surface area contributed by atoms with Crippen LogP contribution in [0.3, 0.4) is 0 Å². The van der Waals surface area contributed by atoms with Crippen LogP contribution < -0.4 is 10.0 Å². The van der Waals surface area contributed by atoms with Crippen molar-refractivity contribution >= 4 is 37.3 Å². The van der Waals surface area contributed by atoms with Crippen LogP contribution in [0.1, 0.15) is 12.8 Å². The summed E-state index contributed by atoms with van der Waals surface area (Å²) in [5.74, 6) is 0.405. The van der Waals surface area contributed by atoms with Gasteiger partial charge in [0.15, 0.2) is 0 Å². The monoisotopic (exact) mass is 338 g/mol. The molecule has 1 aliphatic rings. The van der Waals surface area contributed by atoms with E-state index < -0.39 is 10.0 Å². The first-order valence-corrected chi connectivity index (χ1v) is 8.63. The number of rotatable bonds is 4. The molecule has 0 unspecified atom stereocenters. The average Bonchev–Trinajstić information content (AvgIpc) is 2.76. The number of hydrogen-bond acceptors (Lipinski definition) is 4. The van der Waals surface area contributed by atoms with Gasteiger partial charge in [-0.05, 0) is 59.9 Å². The molecule has 0 amide bonds. The summed E-state index contributed by atoms with van der Waals surface area (Å²) in [6, 6.07) is 3.37. The highest BCUT2D eigenvalue weighted by atomic mass is 79.9. The van der Waals surface area contributed by atoms with Crippen LogP contribution in [0.4, 0.5) is 0 Å². The Kier molecular flexibility index (Phi) is 4.59. The number of halogens is 1. The molecule has 2 heterocycles. The van der Waals surface area contributed by atoms with Crippen molar-refractivity contribution in [3.05, 3.63) is 15.9 Å². The Morgan fingerprint density at radius 2 is 2.35 bits per heavy atom. The van der Waals surface area contributed by atoms with Gasteiger partial charge in [0.1, 0.15) is 4.21 Å². The van der Waals surface area contributed by atoms with E-state index in [0.29, 0.717) is 16.7 Å². The molecule has 0 radical (unpaired) electrons. The van der Waals surface area contributed by atoms with Crippen LogP contribution in [0.15, 0.2) is 20.1 Å². The molecule has 1 aliphatic heterocycles. The predicted molar refractivity (Wildman–Crippen MR) is 72.8 cm³/mol. The van der Waals surface area contributed by atoms with E-state index in [4.69, 9.17) is 0 Å². The molecule has 4 nitrogen and oxygen atoms in total. The molecule has 7 heteroatoms. The SMILES string of the molecule is O=S(=O)(NC[C@H]1CCCNC1)c1ccc(Br)s1. The molecule has 0 spiro atoms. The van der Waals surface area contributed by atoms with E-state index in [-0.39, 0.29) is 0 Å². The van der Waals surface area contributed by atoms with Crippen LogP contribution in [0.25, 0.3) is 0 Å². The fraction of sp³-hybridized carbons (Fsp3) is 0.600. The minimum absolute atomic E-state index is 0.369. The van der Waals surface area contributed by atoms with Crippen LogP contribution in [0.2, 0.25) is 0 Å². The smallest absolute Gasteiger partial charge is 0.250 e. The zero-order valence-electron chi connectivity index (χ0n) is 9.28. The van der Waals surface area contributed by atoms with E-state index in [9.17, 15) is 8.42 Å². The van der Waals surface area contributed by atoms with Gasteiger partial charge in [0.25, 0.3) is 0 Å². The molecule has 0 saturated carbocycles. The van der Waals surface area contributed by atoms with E-state index in [2.05, 4.69) is 26.0 Å². The molecule has 0 aromatic carbocycles. The zero-order valence-corrected chi connectivity index (χ0v) is 12.5. The molecular formula is C10H15BrN2O2S2. The van der Waals surface area contributed by atoms with Crippen molar-refractivity contribution < 1.29 is 8.42 Å². The van der Waals surface area contributed by atoms with Crippen LogP contribution in [-0.2, 0) is 10.0 Å². The molecule has 0 bridgehead atoms. The van der Waals surface area contributed by atoms with Crippen molar-refractivity contribution in [1.29, 1.82) is 0 Å². The van der Waals surface area contributed by atoms with Crippen molar-refractivity contribution in [1.82, 2.24) is 10.0 Å². The lowest BCUT2D eigenvalue weighted by Gasteiger charge is -2.22. The van der Waals surface area contributed by atoms with E-state index in [1.165, 1.54) is 11.3 Å². The molecule has 1 aromatic rings. The van der Waals surface area contributed by atoms with E-state index >= 15 is 0 Å². The average molecular weight is 339 g/mol. The zero-order chi connectivity index (χ0) is 12.3. The summed E-state index contributed by atoms with van der Waals surface area (Å²) in [5, 5.41) is 3.28. The number of hydrogen-bond donors (Lipinski definition) is 2. The highest BCUT2D eigenvalue weighted by Crippen LogP contribution is 2.25. The maximum atomic E-state index is 11.9. The fourth-order valence-electron chi connectivity index (χ4n) is 1.84. The second-order valence-electron chi connectivity index (χ2n) is 4.12. The van der Waals surface area contributed by atoms with Gasteiger partial charge < -0.3 is 5.32 Å². The third-order valence-corrected chi connectivity index (χ3v) is 6.31. The standard InChI is InChI=1S/C10H15BrN2O2S2/c11-9-3-4-10(16-9)17(14,15)13-7-8-2-1-5-12-6-8/h3-4,8,12-13H,1-2,5-7H2/t8-/m0/s1. The number of piperidine rings is 1. The van der Waals surface area contributed by atoms with Crippen molar-refractivity contribution in [2.75, 3.05) is 19.6 Å². The van der Waals surface area contributed by atoms with E-state index in [0.717, 1.165) is 29.7 Å². The molecule has 1 atom stereocenters. The van der Waals surface area contributed by atoms with Gasteiger partial charge in [-0.2, -0.15) is 0 Å². The maximum Gasteiger partial charge on any atom is 0.250 e. The van der Waals surface area contributed by atoms with Gasteiger partial charge in [0, 0.05) is 6.54 Å². The predicted octanol–water partition coefficient (Wildman–Crippen LogP) is 1.79. The van der Waals surface area contributed by atoms with Crippen LogP contribution in [0.5, 0.6) is 0 Å². The second kappa shape index (κ2) is 5.79. The topological polar surface area (TPSA) is 58.2 Å². The van der Waals surface area contributed by atoms with Crippen molar-refractivity contribution in [2.45, 2.75) is 17.1 Å². The molecule has 1 aromatic heterocycles. The van der Waals surface area contributed by atoms with Gasteiger partial charge in [0.2, 0.25) is 10.0 Å². The van der Waals surface area contributed by atoms with Crippen molar-refractivity contribution in [3.8, 4) is 0 Å². The summed E-state index contributed by atoms with van der Waals surface area (Å²) >= 11 is 4.50. The molecular weight excluding hydrogens is 324 g/mol. The highest BCUT2D eigenvalue weighted by molar-refractivity contribution is 9.11. The van der Waals surface area contributed by atoms with Gasteiger partial charge in [-0.15, -0.1) is 11.3 Å². The molecule has 1 fully saturated rings. The van der Waals surface area contributed by atoms with Crippen molar-refractivity contribution in [3.63, 3.8) is 0 Å². The molecule has 2 N–H and O–H groups in total. The van der Waals surface area contributed by atoms with Crippen LogP contribution in [0, 0.1) is 5.92 Å². The Hall–Kier alpha value is 0.0500. The summed E-state index contributed by atoms with van der Waals surface area (Å²) in [5.41, 5.74) is 0. The number of thiophene rings is 1. The lowest BCUT2D eigenvalue weighted by Crippen LogP contribution is -2.37. The third kappa shape index (κ3) is 3.75. The van der Waals surface area contributed by atoms with Gasteiger partial charge in [-0.1, -0.05) is 0 Å². The minimum atomic E-state index is -3.33. The molecule has 2 rings (SSSR count). The first kappa shape index (κ1) is 13.5. The molecule has 96 valence electrons. The lowest BCUT2D eigenvalue weighted by atomic mass is 10.0. The number of nitrogens with one attached hydrogen (secondary N) is 2. The van der Waals surface area contributed by atoms with Gasteiger partial charge in [-0.25, -0.2) is 13.1 Å². The van der Waals surface area contributed by atoms with Gasteiger partial charge >= 0.3 is 0 Å². The van der Waals surface area contributed by atoms with Crippen LogP contribution in [-0.4, -0.2) is 28.1 Å². The van der Waals surface area contributed by atoms with E-state index in [1.807, 2.05) is 0 Å². The highest BCUT2D eigenvalue weighted by Gasteiger charge is 2.19. The maximum absolute atomic E-state index is 11.9. The van der Waals surface area contributed by atoms with Gasteiger partial charge in [0.05, 0.1) is 3.79 Å². The Morgan fingerprint density at radius 3 is 2.94 bits per heavy atom. The van der Waals surface area contributed by atoms with Gasteiger partial charge in [-0.3, -0.25) is 0 Å². The minimum Gasteiger partial charge on any atom is -0.316 e. The Morgan fingerprint density at radius 1 is 1.53 bits per heavy atom. The molecule has 0 aliphatic carbocycles. The number of sulfonamides is 1. The largest absolute Gasteiger partial charge is 0.316 e. The third-order valence-electron chi connectivity index (χ3n) is 2.77. The Bertz CT molecular complexity index is 466. The quantitative estimate of drug-likeness (QED) is 0.879. The summed E-state index contributed by atoms with van der Waals surface area (Å²) in [4.78, 5) is 0. The fourth-order valence-corrected chi connectivity index (χ4v) is 5.01. The molecule has 1 saturated heterocycles.